The summed E-state index contributed by atoms with van der Waals surface area (Å²) in [5.41, 5.74) is 0.541. The van der Waals surface area contributed by atoms with Crippen LogP contribution in [0, 0.1) is 0 Å². The van der Waals surface area contributed by atoms with Crippen LogP contribution >= 0.6 is 11.3 Å². The average Bonchev–Trinajstić information content (AvgIpc) is 3.15. The molecule has 1 aliphatic carbocycles. The first-order chi connectivity index (χ1) is 11.2. The third kappa shape index (κ3) is 2.81. The van der Waals surface area contributed by atoms with Crippen LogP contribution in [0.15, 0.2) is 23.7 Å². The summed E-state index contributed by atoms with van der Waals surface area (Å²) >= 11 is 1.65. The van der Waals surface area contributed by atoms with E-state index in [2.05, 4.69) is 26.7 Å². The summed E-state index contributed by atoms with van der Waals surface area (Å²) in [6.45, 7) is 4.78. The molecule has 0 aromatic carbocycles. The minimum absolute atomic E-state index is 0.0808. The molecule has 1 amide bonds. The van der Waals surface area contributed by atoms with Crippen LogP contribution in [0.5, 0.6) is 0 Å². The van der Waals surface area contributed by atoms with Crippen molar-refractivity contribution in [2.24, 2.45) is 0 Å². The van der Waals surface area contributed by atoms with Crippen LogP contribution in [0.25, 0.3) is 0 Å². The lowest BCUT2D eigenvalue weighted by Crippen LogP contribution is -2.46. The molecular formula is C17H22N4OS. The van der Waals surface area contributed by atoms with Gasteiger partial charge in [0.1, 0.15) is 11.5 Å². The number of aromatic nitrogens is 2. The fraction of sp³-hybridized carbons (Fsp3) is 0.529. The molecule has 1 saturated carbocycles. The van der Waals surface area contributed by atoms with Gasteiger partial charge >= 0.3 is 0 Å². The van der Waals surface area contributed by atoms with Crippen LogP contribution in [0.2, 0.25) is 0 Å². The van der Waals surface area contributed by atoms with Gasteiger partial charge in [-0.3, -0.25) is 9.69 Å². The highest BCUT2D eigenvalue weighted by Crippen LogP contribution is 2.34. The predicted molar refractivity (Wildman–Crippen MR) is 90.5 cm³/mol. The Hall–Kier alpha value is -1.66. The number of nitrogens with one attached hydrogen (secondary N) is 1. The van der Waals surface area contributed by atoms with E-state index in [9.17, 15) is 4.79 Å². The van der Waals surface area contributed by atoms with Crippen molar-refractivity contribution in [1.82, 2.24) is 19.8 Å². The van der Waals surface area contributed by atoms with Crippen molar-refractivity contribution < 1.29 is 4.79 Å². The second kappa shape index (κ2) is 6.09. The number of fused-ring (bicyclic) bond motifs is 1. The zero-order valence-electron chi connectivity index (χ0n) is 13.4. The molecule has 1 aliphatic heterocycles. The number of hydrogen-bond donors (Lipinski definition) is 1. The molecule has 1 N–H and O–H groups in total. The summed E-state index contributed by atoms with van der Waals surface area (Å²) in [5, 5.41) is 4.99. The molecule has 122 valence electrons. The van der Waals surface area contributed by atoms with Gasteiger partial charge in [-0.1, -0.05) is 12.5 Å². The summed E-state index contributed by atoms with van der Waals surface area (Å²) in [7, 11) is 0. The van der Waals surface area contributed by atoms with E-state index in [1.165, 1.54) is 19.3 Å². The van der Waals surface area contributed by atoms with Gasteiger partial charge in [0.25, 0.3) is 5.91 Å². The molecular weight excluding hydrogens is 308 g/mol. The van der Waals surface area contributed by atoms with E-state index in [0.717, 1.165) is 23.8 Å². The van der Waals surface area contributed by atoms with Gasteiger partial charge in [-0.15, -0.1) is 11.3 Å². The maximum Gasteiger partial charge on any atom is 0.271 e. The van der Waals surface area contributed by atoms with Crippen molar-refractivity contribution in [1.29, 1.82) is 0 Å². The molecule has 0 saturated heterocycles. The van der Waals surface area contributed by atoms with E-state index in [-0.39, 0.29) is 5.91 Å². The average molecular weight is 330 g/mol. The largest absolute Gasteiger partial charge is 0.346 e. The van der Waals surface area contributed by atoms with E-state index in [1.807, 2.05) is 23.7 Å². The van der Waals surface area contributed by atoms with E-state index in [0.29, 0.717) is 24.3 Å². The summed E-state index contributed by atoms with van der Waals surface area (Å²) in [5.74, 6) is 0.951. The SMILES string of the molecule is C[C@@H]1c2nc(C(=O)NCc3cccs3)cn2CCN1C1CCC1. The third-order valence-corrected chi connectivity index (χ3v) is 5.93. The Morgan fingerprint density at radius 3 is 3.00 bits per heavy atom. The molecule has 5 nitrogen and oxygen atoms in total. The summed E-state index contributed by atoms with van der Waals surface area (Å²) in [6.07, 6.45) is 5.87. The molecule has 6 heteroatoms. The van der Waals surface area contributed by atoms with E-state index in [4.69, 9.17) is 0 Å². The Morgan fingerprint density at radius 1 is 1.43 bits per heavy atom. The molecule has 0 unspecified atom stereocenters. The Labute approximate surface area is 140 Å². The first-order valence-corrected chi connectivity index (χ1v) is 9.24. The van der Waals surface area contributed by atoms with Gasteiger partial charge in [0, 0.05) is 30.2 Å². The van der Waals surface area contributed by atoms with Crippen molar-refractivity contribution in [3.63, 3.8) is 0 Å². The van der Waals surface area contributed by atoms with Crippen LogP contribution in [0.3, 0.4) is 0 Å². The minimum atomic E-state index is -0.0808. The third-order valence-electron chi connectivity index (χ3n) is 5.06. The molecule has 2 aromatic heterocycles. The number of nitrogens with zero attached hydrogens (tertiary/aromatic N) is 3. The van der Waals surface area contributed by atoms with Crippen LogP contribution in [0.1, 0.15) is 53.4 Å². The van der Waals surface area contributed by atoms with Crippen molar-refractivity contribution in [2.45, 2.75) is 51.4 Å². The highest BCUT2D eigenvalue weighted by Gasteiger charge is 2.34. The van der Waals surface area contributed by atoms with Gasteiger partial charge in [-0.05, 0) is 31.2 Å². The van der Waals surface area contributed by atoms with Gasteiger partial charge in [-0.2, -0.15) is 0 Å². The number of carbonyl (C=O) groups is 1. The molecule has 1 fully saturated rings. The van der Waals surface area contributed by atoms with Gasteiger partial charge in [0.2, 0.25) is 0 Å². The van der Waals surface area contributed by atoms with Gasteiger partial charge in [0.15, 0.2) is 0 Å². The zero-order valence-corrected chi connectivity index (χ0v) is 14.2. The lowest BCUT2D eigenvalue weighted by atomic mass is 9.90. The second-order valence-corrected chi connectivity index (χ2v) is 7.47. The molecule has 0 radical (unpaired) electrons. The standard InChI is InChI=1S/C17H22N4OS/c1-12-16-19-15(17(22)18-10-14-6-3-9-23-14)11-20(16)7-8-21(12)13-4-2-5-13/h3,6,9,11-13H,2,4-5,7-8,10H2,1H3,(H,18,22)/t12-/m1/s1. The van der Waals surface area contributed by atoms with Gasteiger partial charge in [0.05, 0.1) is 12.6 Å². The molecule has 0 bridgehead atoms. The molecule has 2 aliphatic rings. The summed E-state index contributed by atoms with van der Waals surface area (Å²) in [4.78, 5) is 20.7. The maximum absolute atomic E-state index is 12.4. The lowest BCUT2D eigenvalue weighted by molar-refractivity contribution is 0.0614. The molecule has 0 spiro atoms. The van der Waals surface area contributed by atoms with E-state index >= 15 is 0 Å². The topological polar surface area (TPSA) is 50.2 Å². The lowest BCUT2D eigenvalue weighted by Gasteiger charge is -2.43. The first kappa shape index (κ1) is 14.9. The summed E-state index contributed by atoms with van der Waals surface area (Å²) in [6, 6.07) is 5.04. The second-order valence-electron chi connectivity index (χ2n) is 6.44. The van der Waals surface area contributed by atoms with E-state index in [1.54, 1.807) is 11.3 Å². The first-order valence-electron chi connectivity index (χ1n) is 8.36. The quantitative estimate of drug-likeness (QED) is 0.938. The monoisotopic (exact) mass is 330 g/mol. The molecule has 2 aromatic rings. The van der Waals surface area contributed by atoms with Crippen molar-refractivity contribution in [2.75, 3.05) is 6.54 Å². The highest BCUT2D eigenvalue weighted by molar-refractivity contribution is 7.09. The Kier molecular flexibility index (Phi) is 3.95. The molecule has 1 atom stereocenters. The smallest absolute Gasteiger partial charge is 0.271 e. The van der Waals surface area contributed by atoms with Crippen LogP contribution in [-0.4, -0.2) is 32.9 Å². The van der Waals surface area contributed by atoms with Gasteiger partial charge in [-0.25, -0.2) is 4.98 Å². The molecule has 3 heterocycles. The molecule has 4 rings (SSSR count). The number of rotatable bonds is 4. The Morgan fingerprint density at radius 2 is 2.30 bits per heavy atom. The Balaban J connectivity index is 1.46. The van der Waals surface area contributed by atoms with Gasteiger partial charge < -0.3 is 9.88 Å². The zero-order chi connectivity index (χ0) is 15.8. The number of amides is 1. The van der Waals surface area contributed by atoms with Crippen molar-refractivity contribution in [3.05, 3.63) is 40.1 Å². The molecule has 23 heavy (non-hydrogen) atoms. The highest BCUT2D eigenvalue weighted by atomic mass is 32.1. The number of carbonyl (C=O) groups excluding carboxylic acids is 1. The van der Waals surface area contributed by atoms with E-state index < -0.39 is 0 Å². The van der Waals surface area contributed by atoms with Crippen LogP contribution in [-0.2, 0) is 13.1 Å². The maximum atomic E-state index is 12.4. The van der Waals surface area contributed by atoms with Crippen molar-refractivity contribution >= 4 is 17.2 Å². The predicted octanol–water partition coefficient (Wildman–Crippen LogP) is 2.80. The fourth-order valence-electron chi connectivity index (χ4n) is 3.51. The fourth-order valence-corrected chi connectivity index (χ4v) is 4.15. The Bertz CT molecular complexity index is 690. The summed E-state index contributed by atoms with van der Waals surface area (Å²) < 4.78 is 2.15. The number of thiophene rings is 1. The normalized spacial score (nSPS) is 21.7. The minimum Gasteiger partial charge on any atom is -0.346 e. The number of imidazole rings is 1. The van der Waals surface area contributed by atoms with Crippen molar-refractivity contribution in [3.8, 4) is 0 Å². The number of hydrogen-bond acceptors (Lipinski definition) is 4. The van der Waals surface area contributed by atoms with Crippen LogP contribution < -0.4 is 5.32 Å². The van der Waals surface area contributed by atoms with Crippen LogP contribution in [0.4, 0.5) is 0 Å².